The number of ether oxygens (including phenoxy) is 1. The summed E-state index contributed by atoms with van der Waals surface area (Å²) in [5, 5.41) is 8.61. The fraction of sp³-hybridized carbons (Fsp3) is 0.0541. The highest BCUT2D eigenvalue weighted by atomic mass is 19.2. The summed E-state index contributed by atoms with van der Waals surface area (Å²) in [6, 6.07) is 9.73. The maximum atomic E-state index is 15.4. The zero-order valence-electron chi connectivity index (χ0n) is 29.8. The first-order chi connectivity index (χ1) is 29.5. The Morgan fingerprint density at radius 3 is 1.05 bits per heavy atom. The second-order valence-corrected chi connectivity index (χ2v) is 12.4. The molecule has 5 nitrogen and oxygen atoms in total. The Morgan fingerprint density at radius 2 is 0.762 bits per heavy atom. The fourth-order valence-electron chi connectivity index (χ4n) is 6.48. The van der Waals surface area contributed by atoms with Crippen LogP contribution < -0.4 is 26.4 Å². The van der Waals surface area contributed by atoms with Gasteiger partial charge in [-0.15, -0.1) is 21.9 Å². The van der Waals surface area contributed by atoms with E-state index in [0.717, 1.165) is 5.56 Å². The molecule has 6 rings (SSSR count). The van der Waals surface area contributed by atoms with Gasteiger partial charge in [-0.1, -0.05) is 30.3 Å². The quantitative estimate of drug-likeness (QED) is 0.0367. The summed E-state index contributed by atoms with van der Waals surface area (Å²) in [5.41, 5.74) is -13.0. The number of aromatic nitrogens is 2. The number of hydrogen-bond donors (Lipinski definition) is 1. The number of aliphatic hydroxyl groups is 1. The van der Waals surface area contributed by atoms with Gasteiger partial charge in [-0.25, -0.2) is 92.6 Å². The van der Waals surface area contributed by atoms with Gasteiger partial charge in [-0.3, -0.25) is 4.98 Å². The monoisotopic (exact) mass is 924 g/mol. The van der Waals surface area contributed by atoms with E-state index in [0.29, 0.717) is 12.2 Å². The molecule has 0 atom stereocenters. The molecular weight excluding hydrogens is 911 g/mol. The van der Waals surface area contributed by atoms with Gasteiger partial charge >= 0.3 is 11.7 Å². The molecule has 0 saturated heterocycles. The molecule has 0 fully saturated rings. The lowest BCUT2D eigenvalue weighted by atomic mass is 9.12. The van der Waals surface area contributed by atoms with E-state index in [1.165, 1.54) is 6.20 Å². The van der Waals surface area contributed by atoms with Gasteiger partial charge in [0.2, 0.25) is 0 Å². The Morgan fingerprint density at radius 1 is 0.476 bits per heavy atom. The fourth-order valence-corrected chi connectivity index (χ4v) is 6.48. The van der Waals surface area contributed by atoms with Crippen molar-refractivity contribution >= 4 is 34.0 Å². The summed E-state index contributed by atoms with van der Waals surface area (Å²) >= 11 is 0. The number of benzene rings is 5. The number of esters is 1. The van der Waals surface area contributed by atoms with E-state index in [2.05, 4.69) is 9.72 Å². The molecule has 1 aromatic heterocycles. The van der Waals surface area contributed by atoms with Gasteiger partial charge in [0.15, 0.2) is 89.3 Å². The van der Waals surface area contributed by atoms with E-state index in [1.807, 2.05) is 30.3 Å². The molecule has 0 bridgehead atoms. The van der Waals surface area contributed by atoms with Crippen molar-refractivity contribution in [3.05, 3.63) is 177 Å². The van der Waals surface area contributed by atoms with Crippen LogP contribution in [0.2, 0.25) is 0 Å². The Labute approximate surface area is 336 Å². The molecule has 0 amide bonds. The number of halogens is 20. The largest absolute Gasteiger partial charge is 0.431 e. The molecule has 6 aromatic rings. The first kappa shape index (κ1) is 47.3. The second-order valence-electron chi connectivity index (χ2n) is 12.4. The van der Waals surface area contributed by atoms with Gasteiger partial charge in [0, 0.05) is 5.56 Å². The van der Waals surface area contributed by atoms with Crippen molar-refractivity contribution in [2.24, 2.45) is 0 Å². The van der Waals surface area contributed by atoms with E-state index in [9.17, 15) is 57.5 Å². The summed E-state index contributed by atoms with van der Waals surface area (Å²) in [4.78, 5) is 15.5. The number of aliphatic hydroxyl groups excluding tert-OH is 1. The molecule has 0 radical (unpaired) electrons. The maximum Gasteiger partial charge on any atom is 0.407 e. The van der Waals surface area contributed by atoms with Crippen LogP contribution in [-0.2, 0) is 11.3 Å². The minimum Gasteiger partial charge on any atom is -0.431 e. The van der Waals surface area contributed by atoms with Gasteiger partial charge < -0.3 is 9.84 Å². The van der Waals surface area contributed by atoms with Gasteiger partial charge in [0.05, 0.1) is 6.20 Å². The third-order valence-corrected chi connectivity index (χ3v) is 9.15. The van der Waals surface area contributed by atoms with Gasteiger partial charge in [0.1, 0.15) is 58.9 Å². The van der Waals surface area contributed by atoms with Crippen molar-refractivity contribution in [2.75, 3.05) is 6.79 Å². The number of rotatable bonds is 8. The number of hydrogen-bond acceptors (Lipinski definition) is 4. The lowest BCUT2D eigenvalue weighted by molar-refractivity contribution is -0.691. The van der Waals surface area contributed by atoms with Gasteiger partial charge in [-0.2, -0.15) is 4.57 Å². The maximum absolute atomic E-state index is 15.4. The predicted molar refractivity (Wildman–Crippen MR) is 172 cm³/mol. The average molecular weight is 924 g/mol. The second kappa shape index (κ2) is 17.9. The molecule has 26 heteroatoms. The van der Waals surface area contributed by atoms with Crippen molar-refractivity contribution in [3.63, 3.8) is 0 Å². The van der Waals surface area contributed by atoms with Gasteiger partial charge in [-0.05, 0) is 0 Å². The van der Waals surface area contributed by atoms with Crippen LogP contribution in [0.1, 0.15) is 16.1 Å². The SMILES string of the molecule is Fc1c(F)c(F)c([B-](c2c(F)c(F)c(F)c(F)c2F)(c2c(F)c(F)c(F)c(F)c2F)c2c(F)c(F)c(F)c(F)c2F)c(F)c1F.O=C(OCO)c1cncc[n+]1Cc1ccccc1. The minimum atomic E-state index is -7.22. The molecule has 1 heterocycles. The topological polar surface area (TPSA) is 63.3 Å². The molecule has 0 aliphatic carbocycles. The highest BCUT2D eigenvalue weighted by Gasteiger charge is 2.52. The first-order valence-electron chi connectivity index (χ1n) is 16.4. The molecule has 0 unspecified atom stereocenters. The molecule has 63 heavy (non-hydrogen) atoms. The van der Waals surface area contributed by atoms with Crippen LogP contribution in [0.5, 0.6) is 0 Å². The lowest BCUT2D eigenvalue weighted by Crippen LogP contribution is -2.81. The molecule has 1 N–H and O–H groups in total. The number of carbonyl (C=O) groups excluding carboxylic acids is 1. The van der Waals surface area contributed by atoms with E-state index in [4.69, 9.17) is 5.11 Å². The third-order valence-electron chi connectivity index (χ3n) is 9.15. The average Bonchev–Trinajstić information content (AvgIpc) is 3.27. The summed E-state index contributed by atoms with van der Waals surface area (Å²) in [6.07, 6.45) is -2.51. The zero-order chi connectivity index (χ0) is 47.2. The summed E-state index contributed by atoms with van der Waals surface area (Å²) in [5.74, 6) is -72.0. The van der Waals surface area contributed by atoms with Crippen molar-refractivity contribution in [2.45, 2.75) is 6.54 Å². The van der Waals surface area contributed by atoms with Crippen LogP contribution in [0.3, 0.4) is 0 Å². The Balaban J connectivity index is 0.000000345. The van der Waals surface area contributed by atoms with E-state index in [-0.39, 0.29) is 0 Å². The number of carbonyl (C=O) groups is 1. The van der Waals surface area contributed by atoms with Crippen LogP contribution >= 0.6 is 0 Å². The third kappa shape index (κ3) is 7.64. The predicted octanol–water partition coefficient (Wildman–Crippen LogP) is 6.37. The Kier molecular flexibility index (Phi) is 13.5. The molecule has 0 aliphatic heterocycles. The molecule has 332 valence electrons. The normalized spacial score (nSPS) is 11.4. The summed E-state index contributed by atoms with van der Waals surface area (Å²) in [6.45, 7) is -0.0989. The highest BCUT2D eigenvalue weighted by Crippen LogP contribution is 2.30. The van der Waals surface area contributed by atoms with Crippen LogP contribution in [0.15, 0.2) is 48.9 Å². The first-order valence-corrected chi connectivity index (χ1v) is 16.4. The molecule has 0 aliphatic rings. The highest BCUT2D eigenvalue weighted by molar-refractivity contribution is 7.20. The standard InChI is InChI=1S/C24BF20.C13H13N2O3/c26-5-1(6(27)14(35)21(42)13(5)34)25(2-7(28)15(36)22(43)16(37)8(2)29,3-9(30)17(38)23(44)18(39)10(3)31)4-11(32)19(40)24(45)20(41)12(4)33;16-10-18-13(17)12-8-14-6-7-15(12)9-11-4-2-1-3-5-11/h;1-8,16H,9-10H2/q-1;+1. The molecular formula is C37H13BF20N2O3. The van der Waals surface area contributed by atoms with E-state index >= 15 is 35.1 Å². The summed E-state index contributed by atoms with van der Waals surface area (Å²) in [7, 11) is 0. The Hall–Kier alpha value is -6.73. The van der Waals surface area contributed by atoms with E-state index in [1.54, 1.807) is 17.0 Å². The minimum absolute atomic E-state index is 0.301. The van der Waals surface area contributed by atoms with Crippen LogP contribution in [0.4, 0.5) is 87.8 Å². The number of nitrogens with zero attached hydrogens (tertiary/aromatic N) is 2. The van der Waals surface area contributed by atoms with Gasteiger partial charge in [0.25, 0.3) is 0 Å². The van der Waals surface area contributed by atoms with Crippen molar-refractivity contribution in [3.8, 4) is 0 Å². The molecule has 5 aromatic carbocycles. The van der Waals surface area contributed by atoms with Crippen LogP contribution in [0, 0.1) is 116 Å². The van der Waals surface area contributed by atoms with Crippen molar-refractivity contribution in [1.29, 1.82) is 0 Å². The smallest absolute Gasteiger partial charge is 0.407 e. The summed E-state index contributed by atoms with van der Waals surface area (Å²) < 4.78 is 300. The Bertz CT molecular complexity index is 2430. The van der Waals surface area contributed by atoms with Crippen molar-refractivity contribution in [1.82, 2.24) is 4.98 Å². The molecule has 0 saturated carbocycles. The van der Waals surface area contributed by atoms with Crippen LogP contribution in [-0.4, -0.2) is 29.0 Å². The zero-order valence-corrected chi connectivity index (χ0v) is 29.8. The van der Waals surface area contributed by atoms with Crippen LogP contribution in [0.25, 0.3) is 0 Å². The van der Waals surface area contributed by atoms with Crippen molar-refractivity contribution < 1.29 is 107 Å². The lowest BCUT2D eigenvalue weighted by Gasteiger charge is -2.44. The van der Waals surface area contributed by atoms with E-state index < -0.39 is 157 Å². The molecule has 0 spiro atoms.